The Hall–Kier alpha value is -4.12. The Labute approximate surface area is 247 Å². The molecule has 0 bridgehead atoms. The largest absolute Gasteiger partial charge is 0.491 e. The van der Waals surface area contributed by atoms with E-state index in [1.807, 2.05) is 18.2 Å². The molecule has 0 heterocycles. The van der Waals surface area contributed by atoms with Crippen molar-refractivity contribution in [1.29, 1.82) is 0 Å². The molecule has 0 radical (unpaired) electrons. The first-order valence-corrected chi connectivity index (χ1v) is 14.0. The molecule has 0 aliphatic rings. The highest BCUT2D eigenvalue weighted by molar-refractivity contribution is 6.09. The lowest BCUT2D eigenvalue weighted by Gasteiger charge is -2.23. The van der Waals surface area contributed by atoms with Gasteiger partial charge in [-0.2, -0.15) is 5.10 Å². The van der Waals surface area contributed by atoms with Crippen molar-refractivity contribution in [2.45, 2.75) is 20.4 Å². The van der Waals surface area contributed by atoms with Gasteiger partial charge in [-0.25, -0.2) is 9.82 Å². The van der Waals surface area contributed by atoms with Crippen LogP contribution in [-0.2, 0) is 11.3 Å². The molecule has 0 saturated heterocycles. The molecular formula is C32H40FN5O4. The predicted molar refractivity (Wildman–Crippen MR) is 164 cm³/mol. The quantitative estimate of drug-likeness (QED) is 0.146. The summed E-state index contributed by atoms with van der Waals surface area (Å²) in [6.45, 7) is 9.59. The maximum atomic E-state index is 13.5. The second-order valence-electron chi connectivity index (χ2n) is 9.72. The molecule has 0 spiro atoms. The van der Waals surface area contributed by atoms with Crippen molar-refractivity contribution in [3.63, 3.8) is 0 Å². The number of hydrogen-bond donors (Lipinski definition) is 2. The number of anilines is 1. The summed E-state index contributed by atoms with van der Waals surface area (Å²) in [5.41, 5.74) is 4.86. The van der Waals surface area contributed by atoms with Gasteiger partial charge in [0.25, 0.3) is 11.8 Å². The van der Waals surface area contributed by atoms with Crippen LogP contribution in [0.15, 0.2) is 71.8 Å². The molecule has 0 unspecified atom stereocenters. The van der Waals surface area contributed by atoms with Crippen LogP contribution in [0.1, 0.15) is 45.7 Å². The number of hydrogen-bond acceptors (Lipinski definition) is 7. The Balaban J connectivity index is 1.74. The summed E-state index contributed by atoms with van der Waals surface area (Å²) in [6, 6.07) is 18.1. The average Bonchev–Trinajstić information content (AvgIpc) is 2.98. The van der Waals surface area contributed by atoms with Crippen LogP contribution in [0.3, 0.4) is 0 Å². The van der Waals surface area contributed by atoms with Crippen molar-refractivity contribution in [3.05, 3.63) is 94.8 Å². The van der Waals surface area contributed by atoms with E-state index in [1.54, 1.807) is 37.4 Å². The van der Waals surface area contributed by atoms with Crippen molar-refractivity contribution in [2.75, 3.05) is 58.9 Å². The van der Waals surface area contributed by atoms with E-state index in [4.69, 9.17) is 9.47 Å². The summed E-state index contributed by atoms with van der Waals surface area (Å²) in [5.74, 6) is -0.905. The van der Waals surface area contributed by atoms with Gasteiger partial charge in [-0.3, -0.25) is 9.59 Å². The molecular weight excluding hydrogens is 537 g/mol. The Morgan fingerprint density at radius 1 is 0.952 bits per heavy atom. The van der Waals surface area contributed by atoms with Gasteiger partial charge in [0, 0.05) is 32.3 Å². The molecule has 3 aromatic rings. The highest BCUT2D eigenvalue weighted by Crippen LogP contribution is 2.23. The molecule has 0 atom stereocenters. The summed E-state index contributed by atoms with van der Waals surface area (Å²) in [6.07, 6.45) is 1.34. The third-order valence-electron chi connectivity index (χ3n) is 6.60. The number of nitrogens with one attached hydrogen (secondary N) is 2. The first-order chi connectivity index (χ1) is 20.3. The van der Waals surface area contributed by atoms with E-state index in [-0.39, 0.29) is 18.1 Å². The highest BCUT2D eigenvalue weighted by Gasteiger charge is 2.17. The minimum Gasteiger partial charge on any atom is -0.491 e. The van der Waals surface area contributed by atoms with Crippen LogP contribution in [0.5, 0.6) is 5.75 Å². The fourth-order valence-corrected chi connectivity index (χ4v) is 4.21. The first kappa shape index (κ1) is 32.4. The number of carbonyl (C=O) groups is 2. The van der Waals surface area contributed by atoms with Crippen LogP contribution in [0, 0.1) is 5.82 Å². The molecule has 0 aliphatic heterocycles. The van der Waals surface area contributed by atoms with Crippen LogP contribution in [-0.4, -0.2) is 81.4 Å². The van der Waals surface area contributed by atoms with Gasteiger partial charge in [-0.05, 0) is 73.7 Å². The van der Waals surface area contributed by atoms with E-state index < -0.39 is 11.7 Å². The molecule has 2 amide bonds. The number of rotatable bonds is 16. The monoisotopic (exact) mass is 577 g/mol. The van der Waals surface area contributed by atoms with Gasteiger partial charge in [0.1, 0.15) is 18.2 Å². The van der Waals surface area contributed by atoms with Gasteiger partial charge in [-0.15, -0.1) is 0 Å². The Morgan fingerprint density at radius 2 is 1.74 bits per heavy atom. The molecule has 2 N–H and O–H groups in total. The van der Waals surface area contributed by atoms with E-state index in [2.05, 4.69) is 46.5 Å². The van der Waals surface area contributed by atoms with Crippen LogP contribution in [0.25, 0.3) is 0 Å². The lowest BCUT2D eigenvalue weighted by atomic mass is 10.1. The van der Waals surface area contributed by atoms with Gasteiger partial charge in [0.2, 0.25) is 0 Å². The average molecular weight is 578 g/mol. The number of methoxy groups -OCH3 is 1. The Kier molecular flexibility index (Phi) is 13.1. The van der Waals surface area contributed by atoms with Crippen LogP contribution < -0.4 is 15.5 Å². The van der Waals surface area contributed by atoms with E-state index in [0.717, 1.165) is 31.7 Å². The lowest BCUT2D eigenvalue weighted by Crippen LogP contribution is -2.32. The molecule has 9 nitrogen and oxygen atoms in total. The minimum absolute atomic E-state index is 0.155. The maximum absolute atomic E-state index is 13.5. The maximum Gasteiger partial charge on any atom is 0.273 e. The number of ether oxygens (including phenoxy) is 2. The molecule has 224 valence electrons. The molecule has 0 aromatic heterocycles. The summed E-state index contributed by atoms with van der Waals surface area (Å²) in [5, 5.41) is 6.80. The second kappa shape index (κ2) is 17.0. The predicted octanol–water partition coefficient (Wildman–Crippen LogP) is 4.64. The fourth-order valence-electron chi connectivity index (χ4n) is 4.21. The number of hydrazone groups is 1. The molecule has 10 heteroatoms. The van der Waals surface area contributed by atoms with E-state index in [9.17, 15) is 14.0 Å². The third kappa shape index (κ3) is 10.4. The lowest BCUT2D eigenvalue weighted by molar-refractivity contribution is 0.0955. The van der Waals surface area contributed by atoms with Gasteiger partial charge >= 0.3 is 0 Å². The Bertz CT molecular complexity index is 1350. The fraction of sp³-hybridized carbons (Fsp3) is 0.344. The van der Waals surface area contributed by atoms with Crippen molar-refractivity contribution in [2.24, 2.45) is 5.10 Å². The standard InChI is InChI=1S/C32H40FN5O4/c1-5-38(6-2)16-15-37(3)23-25-10-7-11-26(19-25)31(39)35-30-14-13-28(42-18-17-41-4)21-29(30)32(40)36-34-22-24-9-8-12-27(33)20-24/h7-14,19-22H,5-6,15-18,23H2,1-4H3,(H,35,39)(H,36,40). The van der Waals surface area contributed by atoms with E-state index in [0.29, 0.717) is 35.7 Å². The van der Waals surface area contributed by atoms with Crippen molar-refractivity contribution in [1.82, 2.24) is 15.2 Å². The zero-order valence-electron chi connectivity index (χ0n) is 24.7. The number of halogens is 1. The number of amides is 2. The first-order valence-electron chi connectivity index (χ1n) is 14.0. The normalized spacial score (nSPS) is 11.3. The second-order valence-corrected chi connectivity index (χ2v) is 9.72. The van der Waals surface area contributed by atoms with Crippen LogP contribution in [0.2, 0.25) is 0 Å². The van der Waals surface area contributed by atoms with E-state index >= 15 is 0 Å². The molecule has 42 heavy (non-hydrogen) atoms. The number of benzene rings is 3. The van der Waals surface area contributed by atoms with E-state index in [1.165, 1.54) is 24.4 Å². The van der Waals surface area contributed by atoms with Gasteiger partial charge in [0.15, 0.2) is 0 Å². The number of likely N-dealkylation sites (N-methyl/N-ethyl adjacent to an activating group) is 2. The third-order valence-corrected chi connectivity index (χ3v) is 6.60. The highest BCUT2D eigenvalue weighted by atomic mass is 19.1. The summed E-state index contributed by atoms with van der Waals surface area (Å²) < 4.78 is 24.2. The van der Waals surface area contributed by atoms with Gasteiger partial charge in [-0.1, -0.05) is 38.1 Å². The summed E-state index contributed by atoms with van der Waals surface area (Å²) in [4.78, 5) is 31.0. The van der Waals surface area contributed by atoms with Crippen LogP contribution >= 0.6 is 0 Å². The smallest absolute Gasteiger partial charge is 0.273 e. The topological polar surface area (TPSA) is 95.5 Å². The van der Waals surface area contributed by atoms with Crippen LogP contribution in [0.4, 0.5) is 10.1 Å². The molecule has 0 saturated carbocycles. The molecule has 0 aliphatic carbocycles. The molecule has 0 fully saturated rings. The molecule has 3 rings (SSSR count). The zero-order chi connectivity index (χ0) is 30.3. The molecule has 3 aromatic carbocycles. The number of nitrogens with zero attached hydrogens (tertiary/aromatic N) is 3. The SMILES string of the molecule is CCN(CC)CCN(C)Cc1cccc(C(=O)Nc2ccc(OCCOC)cc2C(=O)NN=Cc2cccc(F)c2)c1. The van der Waals surface area contributed by atoms with Crippen molar-refractivity contribution < 1.29 is 23.5 Å². The van der Waals surface area contributed by atoms with Crippen molar-refractivity contribution in [3.8, 4) is 5.75 Å². The number of carbonyl (C=O) groups excluding carboxylic acids is 2. The van der Waals surface area contributed by atoms with Gasteiger partial charge in [0.05, 0.1) is 24.1 Å². The minimum atomic E-state index is -0.571. The summed E-state index contributed by atoms with van der Waals surface area (Å²) >= 11 is 0. The van der Waals surface area contributed by atoms with Gasteiger partial charge < -0.3 is 24.6 Å². The Morgan fingerprint density at radius 3 is 2.48 bits per heavy atom. The zero-order valence-corrected chi connectivity index (χ0v) is 24.7. The van der Waals surface area contributed by atoms with Crippen molar-refractivity contribution >= 4 is 23.7 Å². The summed E-state index contributed by atoms with van der Waals surface area (Å²) in [7, 11) is 3.63.